The van der Waals surface area contributed by atoms with Crippen LogP contribution < -0.4 is 10.7 Å². The van der Waals surface area contributed by atoms with E-state index in [1.807, 2.05) is 30.3 Å². The van der Waals surface area contributed by atoms with E-state index in [2.05, 4.69) is 5.32 Å². The third kappa shape index (κ3) is 6.46. The first-order chi connectivity index (χ1) is 17.4. The van der Waals surface area contributed by atoms with E-state index in [9.17, 15) is 18.8 Å². The summed E-state index contributed by atoms with van der Waals surface area (Å²) in [5, 5.41) is 2.73. The molecule has 0 saturated carbocycles. The third-order valence-electron chi connectivity index (χ3n) is 6.19. The van der Waals surface area contributed by atoms with Crippen molar-refractivity contribution in [1.82, 2.24) is 14.8 Å². The van der Waals surface area contributed by atoms with Crippen molar-refractivity contribution in [2.45, 2.75) is 38.5 Å². The summed E-state index contributed by atoms with van der Waals surface area (Å²) in [6.45, 7) is 1.66. The SMILES string of the molecule is CN(Cc1ccccc1)C(=O)c1cn(C[C@@H]2CCCO2)cc(C(=O)NCCc2cccc(F)c2)c1=O. The molecule has 1 fully saturated rings. The number of aromatic nitrogens is 1. The molecule has 4 rings (SSSR count). The van der Waals surface area contributed by atoms with Gasteiger partial charge in [-0.2, -0.15) is 0 Å². The minimum atomic E-state index is -0.619. The first-order valence-corrected chi connectivity index (χ1v) is 12.1. The molecule has 0 spiro atoms. The Bertz CT molecular complexity index is 1270. The van der Waals surface area contributed by atoms with Gasteiger partial charge in [-0.05, 0) is 42.5 Å². The number of rotatable bonds is 9. The maximum Gasteiger partial charge on any atom is 0.259 e. The number of benzene rings is 2. The number of carbonyl (C=O) groups excluding carboxylic acids is 2. The molecule has 7 nitrogen and oxygen atoms in total. The average Bonchev–Trinajstić information content (AvgIpc) is 3.38. The minimum Gasteiger partial charge on any atom is -0.376 e. The number of hydrogen-bond donors (Lipinski definition) is 1. The number of hydrogen-bond acceptors (Lipinski definition) is 4. The van der Waals surface area contributed by atoms with Gasteiger partial charge < -0.3 is 19.5 Å². The molecule has 0 aliphatic carbocycles. The Labute approximate surface area is 209 Å². The molecule has 1 N–H and O–H groups in total. The Morgan fingerprint density at radius 3 is 2.56 bits per heavy atom. The summed E-state index contributed by atoms with van der Waals surface area (Å²) in [6, 6.07) is 15.6. The summed E-state index contributed by atoms with van der Waals surface area (Å²) in [4.78, 5) is 41.0. The summed E-state index contributed by atoms with van der Waals surface area (Å²) in [5.41, 5.74) is 0.874. The Hall–Kier alpha value is -3.78. The van der Waals surface area contributed by atoms with Crippen LogP contribution in [0.1, 0.15) is 44.7 Å². The number of ether oxygens (including phenoxy) is 1. The zero-order valence-corrected chi connectivity index (χ0v) is 20.3. The fraction of sp³-hybridized carbons (Fsp3) is 0.321. The van der Waals surface area contributed by atoms with E-state index in [-0.39, 0.29) is 29.6 Å². The van der Waals surface area contributed by atoms with Crippen LogP contribution in [0.2, 0.25) is 0 Å². The maximum absolute atomic E-state index is 13.4. The molecule has 2 heterocycles. The van der Waals surface area contributed by atoms with E-state index in [1.54, 1.807) is 23.7 Å². The Kier molecular flexibility index (Phi) is 8.28. The van der Waals surface area contributed by atoms with Crippen molar-refractivity contribution >= 4 is 11.8 Å². The van der Waals surface area contributed by atoms with Crippen LogP contribution >= 0.6 is 0 Å². The molecule has 2 amide bonds. The molecule has 1 aliphatic heterocycles. The van der Waals surface area contributed by atoms with Crippen molar-refractivity contribution < 1.29 is 18.7 Å². The second kappa shape index (κ2) is 11.8. The molecule has 0 unspecified atom stereocenters. The van der Waals surface area contributed by atoms with Gasteiger partial charge in [0.15, 0.2) is 0 Å². The average molecular weight is 492 g/mol. The van der Waals surface area contributed by atoms with E-state index < -0.39 is 17.2 Å². The molecular weight excluding hydrogens is 461 g/mol. The van der Waals surface area contributed by atoms with Crippen molar-refractivity contribution in [3.63, 3.8) is 0 Å². The van der Waals surface area contributed by atoms with Gasteiger partial charge in [0.2, 0.25) is 5.43 Å². The van der Waals surface area contributed by atoms with Gasteiger partial charge in [0.25, 0.3) is 11.8 Å². The number of halogens is 1. The van der Waals surface area contributed by atoms with E-state index in [4.69, 9.17) is 4.74 Å². The van der Waals surface area contributed by atoms with E-state index >= 15 is 0 Å². The number of nitrogens with one attached hydrogen (secondary N) is 1. The summed E-state index contributed by atoms with van der Waals surface area (Å²) < 4.78 is 20.8. The molecule has 0 radical (unpaired) electrons. The van der Waals surface area contributed by atoms with Gasteiger partial charge in [-0.15, -0.1) is 0 Å². The zero-order valence-electron chi connectivity index (χ0n) is 20.3. The Balaban J connectivity index is 1.55. The molecule has 0 bridgehead atoms. The van der Waals surface area contributed by atoms with Crippen LogP contribution in [0.25, 0.3) is 0 Å². The second-order valence-electron chi connectivity index (χ2n) is 9.03. The van der Waals surface area contributed by atoms with Crippen LogP contribution in [-0.4, -0.2) is 47.6 Å². The molecule has 1 saturated heterocycles. The fourth-order valence-corrected chi connectivity index (χ4v) is 4.32. The van der Waals surface area contributed by atoms with Crippen molar-refractivity contribution in [2.24, 2.45) is 0 Å². The van der Waals surface area contributed by atoms with Gasteiger partial charge >= 0.3 is 0 Å². The third-order valence-corrected chi connectivity index (χ3v) is 6.19. The van der Waals surface area contributed by atoms with Crippen LogP contribution in [0.4, 0.5) is 4.39 Å². The maximum atomic E-state index is 13.4. The fourth-order valence-electron chi connectivity index (χ4n) is 4.32. The highest BCUT2D eigenvalue weighted by Crippen LogP contribution is 2.15. The highest BCUT2D eigenvalue weighted by atomic mass is 19.1. The molecular formula is C28H30FN3O4. The molecule has 1 atom stereocenters. The number of pyridine rings is 1. The van der Waals surface area contributed by atoms with Crippen LogP contribution in [0.3, 0.4) is 0 Å². The van der Waals surface area contributed by atoms with Crippen molar-refractivity contribution in [3.8, 4) is 0 Å². The van der Waals surface area contributed by atoms with E-state index in [0.29, 0.717) is 26.1 Å². The van der Waals surface area contributed by atoms with Crippen LogP contribution in [0.5, 0.6) is 0 Å². The first kappa shape index (κ1) is 25.3. The lowest BCUT2D eigenvalue weighted by Crippen LogP contribution is -2.37. The van der Waals surface area contributed by atoms with Gasteiger partial charge in [0.05, 0.1) is 6.10 Å². The predicted octanol–water partition coefficient (Wildman–Crippen LogP) is 3.41. The second-order valence-corrected chi connectivity index (χ2v) is 9.03. The molecule has 36 heavy (non-hydrogen) atoms. The van der Waals surface area contributed by atoms with Gasteiger partial charge in [-0.25, -0.2) is 4.39 Å². The van der Waals surface area contributed by atoms with E-state index in [1.165, 1.54) is 29.4 Å². The van der Waals surface area contributed by atoms with Gasteiger partial charge in [0, 0.05) is 45.7 Å². The molecule has 188 valence electrons. The largest absolute Gasteiger partial charge is 0.376 e. The van der Waals surface area contributed by atoms with Crippen molar-refractivity contribution in [3.05, 3.63) is 105 Å². The topological polar surface area (TPSA) is 80.6 Å². The predicted molar refractivity (Wildman–Crippen MR) is 134 cm³/mol. The quantitative estimate of drug-likeness (QED) is 0.498. The van der Waals surface area contributed by atoms with Crippen molar-refractivity contribution in [2.75, 3.05) is 20.2 Å². The van der Waals surface area contributed by atoms with Gasteiger partial charge in [0.1, 0.15) is 16.9 Å². The number of amides is 2. The lowest BCUT2D eigenvalue weighted by molar-refractivity contribution is 0.0779. The summed E-state index contributed by atoms with van der Waals surface area (Å²) >= 11 is 0. The van der Waals surface area contributed by atoms with Crippen LogP contribution in [0.15, 0.2) is 71.8 Å². The van der Waals surface area contributed by atoms with Crippen molar-refractivity contribution in [1.29, 1.82) is 0 Å². The number of nitrogens with zero attached hydrogens (tertiary/aromatic N) is 2. The monoisotopic (exact) mass is 491 g/mol. The van der Waals surface area contributed by atoms with E-state index in [0.717, 1.165) is 24.0 Å². The smallest absolute Gasteiger partial charge is 0.259 e. The lowest BCUT2D eigenvalue weighted by atomic mass is 10.1. The Morgan fingerprint density at radius 2 is 1.83 bits per heavy atom. The molecule has 8 heteroatoms. The van der Waals surface area contributed by atoms with Gasteiger partial charge in [-0.1, -0.05) is 42.5 Å². The molecule has 1 aliphatic rings. The zero-order chi connectivity index (χ0) is 25.5. The highest BCUT2D eigenvalue weighted by Gasteiger charge is 2.23. The highest BCUT2D eigenvalue weighted by molar-refractivity contribution is 5.99. The Morgan fingerprint density at radius 1 is 1.08 bits per heavy atom. The first-order valence-electron chi connectivity index (χ1n) is 12.1. The normalized spacial score (nSPS) is 15.0. The summed E-state index contributed by atoms with van der Waals surface area (Å²) in [6.07, 6.45) is 5.18. The number of carbonyl (C=O) groups is 2. The summed E-state index contributed by atoms with van der Waals surface area (Å²) in [7, 11) is 1.63. The van der Waals surface area contributed by atoms with Crippen LogP contribution in [0, 0.1) is 5.82 Å². The standard InChI is InChI=1S/C28H30FN3O4/c1-31(16-21-7-3-2-4-8-21)28(35)25-19-32(17-23-11-6-14-36-23)18-24(26(25)33)27(34)30-13-12-20-9-5-10-22(29)15-20/h2-5,7-10,15,18-19,23H,6,11-14,16-17H2,1H3,(H,30,34)/t23-/m0/s1. The summed E-state index contributed by atoms with van der Waals surface area (Å²) in [5.74, 6) is -1.38. The molecule has 3 aromatic rings. The van der Waals surface area contributed by atoms with Gasteiger partial charge in [-0.3, -0.25) is 14.4 Å². The minimum absolute atomic E-state index is 0.0404. The molecule has 2 aromatic carbocycles. The molecule has 1 aromatic heterocycles. The van der Waals surface area contributed by atoms with Crippen LogP contribution in [-0.2, 0) is 24.2 Å². The lowest BCUT2D eigenvalue weighted by Gasteiger charge is -2.19.